The first-order valence-corrected chi connectivity index (χ1v) is 4.33. The van der Waals surface area contributed by atoms with Gasteiger partial charge in [-0.1, -0.05) is 0 Å². The quantitative estimate of drug-likeness (QED) is 0.380. The number of nitrogen functional groups attached to an aromatic ring is 2. The summed E-state index contributed by atoms with van der Waals surface area (Å²) in [6, 6.07) is 4.54. The van der Waals surface area contributed by atoms with Crippen molar-refractivity contribution in [3.8, 4) is 0 Å². The fourth-order valence-corrected chi connectivity index (χ4v) is 1.10. The minimum Gasteiger partial charge on any atom is -0.397 e. The highest BCUT2D eigenvalue weighted by Gasteiger charge is 1.96. The van der Waals surface area contributed by atoms with Crippen LogP contribution in [-0.2, 0) is 10.9 Å². The molecule has 0 spiro atoms. The summed E-state index contributed by atoms with van der Waals surface area (Å²) in [6.07, 6.45) is 0. The molecule has 0 saturated carbocycles. The number of thiol groups is 1. The molecule has 6 heteroatoms. The minimum absolute atomic E-state index is 0.358. The summed E-state index contributed by atoms with van der Waals surface area (Å²) in [7, 11) is -2.65. The molecule has 0 aliphatic heterocycles. The number of hydrogen-bond donors (Lipinski definition) is 4. The molecular formula is C6H9N3O2S. The van der Waals surface area contributed by atoms with E-state index in [-0.39, 0.29) is 0 Å². The topological polar surface area (TPSA) is 98.2 Å². The normalized spacial score (nSPS) is 10.1. The van der Waals surface area contributed by atoms with Crippen LogP contribution in [0.1, 0.15) is 0 Å². The van der Waals surface area contributed by atoms with Crippen LogP contribution in [0, 0.1) is 0 Å². The Morgan fingerprint density at radius 1 is 1.17 bits per heavy atom. The smallest absolute Gasteiger partial charge is 0.222 e. The van der Waals surface area contributed by atoms with Crippen molar-refractivity contribution in [1.29, 1.82) is 0 Å². The SMILES string of the molecule is Nc1ccc(N[SH](=O)=O)cc1N. The van der Waals surface area contributed by atoms with Crippen molar-refractivity contribution in [3.05, 3.63) is 18.2 Å². The van der Waals surface area contributed by atoms with Crippen LogP contribution in [0.2, 0.25) is 0 Å². The lowest BCUT2D eigenvalue weighted by molar-refractivity contribution is 0.619. The van der Waals surface area contributed by atoms with Gasteiger partial charge in [0, 0.05) is 0 Å². The molecule has 12 heavy (non-hydrogen) atoms. The van der Waals surface area contributed by atoms with Gasteiger partial charge in [-0.3, -0.25) is 4.72 Å². The zero-order valence-corrected chi connectivity index (χ0v) is 7.04. The van der Waals surface area contributed by atoms with Crippen molar-refractivity contribution in [2.45, 2.75) is 0 Å². The summed E-state index contributed by atoms with van der Waals surface area (Å²) in [5.41, 5.74) is 12.1. The van der Waals surface area contributed by atoms with Crippen molar-refractivity contribution in [2.75, 3.05) is 16.2 Å². The predicted molar refractivity (Wildman–Crippen MR) is 49.2 cm³/mol. The first kappa shape index (κ1) is 8.66. The van der Waals surface area contributed by atoms with Gasteiger partial charge in [-0.15, -0.1) is 0 Å². The average molecular weight is 187 g/mol. The van der Waals surface area contributed by atoms with Gasteiger partial charge in [0.25, 0.3) is 0 Å². The van der Waals surface area contributed by atoms with Crippen LogP contribution in [0.5, 0.6) is 0 Å². The Morgan fingerprint density at radius 2 is 1.83 bits per heavy atom. The van der Waals surface area contributed by atoms with Crippen molar-refractivity contribution >= 4 is 28.0 Å². The molecular weight excluding hydrogens is 178 g/mol. The van der Waals surface area contributed by atoms with Gasteiger partial charge in [-0.05, 0) is 18.2 Å². The summed E-state index contributed by atoms with van der Waals surface area (Å²) in [5, 5.41) is 0. The summed E-state index contributed by atoms with van der Waals surface area (Å²) in [6.45, 7) is 0. The second-order valence-electron chi connectivity index (χ2n) is 2.21. The molecule has 0 fully saturated rings. The molecule has 0 bridgehead atoms. The van der Waals surface area contributed by atoms with Gasteiger partial charge in [0.05, 0.1) is 17.1 Å². The second kappa shape index (κ2) is 3.31. The second-order valence-corrected chi connectivity index (χ2v) is 2.95. The predicted octanol–water partition coefficient (Wildman–Crippen LogP) is -0.211. The number of nitrogens with one attached hydrogen (secondary N) is 1. The molecule has 0 aromatic heterocycles. The average Bonchev–Trinajstić information content (AvgIpc) is 1.96. The Morgan fingerprint density at radius 3 is 2.33 bits per heavy atom. The third kappa shape index (κ3) is 2.03. The van der Waals surface area contributed by atoms with Gasteiger partial charge in [-0.25, -0.2) is 8.42 Å². The van der Waals surface area contributed by atoms with E-state index in [0.717, 1.165) is 0 Å². The van der Waals surface area contributed by atoms with Crippen molar-refractivity contribution in [3.63, 3.8) is 0 Å². The van der Waals surface area contributed by atoms with Crippen LogP contribution in [0.4, 0.5) is 17.1 Å². The van der Waals surface area contributed by atoms with Gasteiger partial charge in [-0.2, -0.15) is 0 Å². The fourth-order valence-electron chi connectivity index (χ4n) is 0.750. The zero-order chi connectivity index (χ0) is 9.14. The van der Waals surface area contributed by atoms with E-state index in [9.17, 15) is 8.42 Å². The lowest BCUT2D eigenvalue weighted by Gasteiger charge is -2.02. The molecule has 0 aliphatic rings. The van der Waals surface area contributed by atoms with Crippen LogP contribution >= 0.6 is 0 Å². The monoisotopic (exact) mass is 187 g/mol. The first-order valence-electron chi connectivity index (χ1n) is 3.15. The standard InChI is InChI=1S/C6H9N3O2S/c7-5-2-1-4(3-6(5)8)9-12(10)11/h1-3,12H,7-8H2,(H,9,10,11). The molecule has 0 unspecified atom stereocenters. The van der Waals surface area contributed by atoms with Crippen molar-refractivity contribution in [2.24, 2.45) is 0 Å². The van der Waals surface area contributed by atoms with Crippen molar-refractivity contribution < 1.29 is 8.42 Å². The summed E-state index contributed by atoms with van der Waals surface area (Å²) in [4.78, 5) is 0. The van der Waals surface area contributed by atoms with Gasteiger partial charge in [0.2, 0.25) is 10.9 Å². The van der Waals surface area contributed by atoms with E-state index in [1.165, 1.54) is 18.2 Å². The van der Waals surface area contributed by atoms with E-state index in [4.69, 9.17) is 11.5 Å². The van der Waals surface area contributed by atoms with E-state index in [1.54, 1.807) is 0 Å². The maximum absolute atomic E-state index is 10.2. The van der Waals surface area contributed by atoms with E-state index in [0.29, 0.717) is 17.1 Å². The Bertz CT molecular complexity index is 354. The molecule has 5 nitrogen and oxygen atoms in total. The van der Waals surface area contributed by atoms with Crippen LogP contribution in [-0.4, -0.2) is 8.42 Å². The summed E-state index contributed by atoms with van der Waals surface area (Å²) >= 11 is 0. The van der Waals surface area contributed by atoms with E-state index < -0.39 is 10.9 Å². The molecule has 0 aliphatic carbocycles. The Kier molecular flexibility index (Phi) is 2.39. The van der Waals surface area contributed by atoms with Crippen molar-refractivity contribution in [1.82, 2.24) is 0 Å². The summed E-state index contributed by atoms with van der Waals surface area (Å²) in [5.74, 6) is 0. The first-order chi connectivity index (χ1) is 5.59. The molecule has 1 rings (SSSR count). The lowest BCUT2D eigenvalue weighted by atomic mass is 10.2. The third-order valence-corrected chi connectivity index (χ3v) is 1.75. The number of anilines is 3. The minimum atomic E-state index is -2.65. The molecule has 1 aromatic rings. The molecule has 0 amide bonds. The highest BCUT2D eigenvalue weighted by atomic mass is 32.2. The largest absolute Gasteiger partial charge is 0.397 e. The number of benzene rings is 1. The summed E-state index contributed by atoms with van der Waals surface area (Å²) < 4.78 is 22.6. The highest BCUT2D eigenvalue weighted by molar-refractivity contribution is 7.73. The molecule has 0 heterocycles. The van der Waals surface area contributed by atoms with Gasteiger partial charge >= 0.3 is 0 Å². The van der Waals surface area contributed by atoms with E-state index in [1.807, 2.05) is 0 Å². The number of nitrogens with two attached hydrogens (primary N) is 2. The van der Waals surface area contributed by atoms with Gasteiger partial charge in [0.15, 0.2) is 0 Å². The van der Waals surface area contributed by atoms with Crippen LogP contribution in [0.15, 0.2) is 18.2 Å². The molecule has 0 atom stereocenters. The van der Waals surface area contributed by atoms with Gasteiger partial charge in [0.1, 0.15) is 0 Å². The molecule has 1 aromatic carbocycles. The Labute approximate surface area is 71.5 Å². The zero-order valence-electron chi connectivity index (χ0n) is 6.15. The number of hydrogen-bond acceptors (Lipinski definition) is 4. The Balaban J connectivity index is 2.97. The van der Waals surface area contributed by atoms with E-state index in [2.05, 4.69) is 4.72 Å². The van der Waals surface area contributed by atoms with Crippen LogP contribution < -0.4 is 16.2 Å². The molecule has 0 radical (unpaired) electrons. The van der Waals surface area contributed by atoms with Crippen LogP contribution in [0.3, 0.4) is 0 Å². The van der Waals surface area contributed by atoms with Crippen LogP contribution in [0.25, 0.3) is 0 Å². The number of rotatable bonds is 2. The van der Waals surface area contributed by atoms with E-state index >= 15 is 0 Å². The third-order valence-electron chi connectivity index (χ3n) is 1.31. The Hall–Kier alpha value is -1.43. The fraction of sp³-hybridized carbons (Fsp3) is 0. The molecule has 0 saturated heterocycles. The molecule has 66 valence electrons. The molecule has 5 N–H and O–H groups in total. The van der Waals surface area contributed by atoms with Gasteiger partial charge < -0.3 is 11.5 Å². The maximum atomic E-state index is 10.2. The highest BCUT2D eigenvalue weighted by Crippen LogP contribution is 2.19. The maximum Gasteiger partial charge on any atom is 0.222 e. The lowest BCUT2D eigenvalue weighted by Crippen LogP contribution is -1.98.